The van der Waals surface area contributed by atoms with Crippen molar-refractivity contribution in [3.63, 3.8) is 0 Å². The summed E-state index contributed by atoms with van der Waals surface area (Å²) in [7, 11) is -3.63. The fourth-order valence-electron chi connectivity index (χ4n) is 2.72. The second-order valence-corrected chi connectivity index (χ2v) is 7.40. The van der Waals surface area contributed by atoms with Gasteiger partial charge in [0.05, 0.1) is 6.61 Å². The quantitative estimate of drug-likeness (QED) is 0.719. The second kappa shape index (κ2) is 6.98. The van der Waals surface area contributed by atoms with E-state index in [0.717, 1.165) is 0 Å². The summed E-state index contributed by atoms with van der Waals surface area (Å²) in [6, 6.07) is -0.376. The Morgan fingerprint density at radius 3 is 2.39 bits per heavy atom. The fourth-order valence-corrected chi connectivity index (χ4v) is 4.43. The molecule has 0 bridgehead atoms. The molecule has 0 aromatic carbocycles. The number of hydrogen-bond donors (Lipinski definition) is 0. The van der Waals surface area contributed by atoms with Crippen LogP contribution in [0.2, 0.25) is 0 Å². The predicted molar refractivity (Wildman–Crippen MR) is 82.4 cm³/mol. The van der Waals surface area contributed by atoms with Crippen molar-refractivity contribution in [2.24, 2.45) is 0 Å². The van der Waals surface area contributed by atoms with Gasteiger partial charge in [0.15, 0.2) is 5.76 Å². The van der Waals surface area contributed by atoms with Crippen molar-refractivity contribution in [1.29, 1.82) is 0 Å². The first-order valence-electron chi connectivity index (χ1n) is 7.62. The van der Waals surface area contributed by atoms with Crippen molar-refractivity contribution < 1.29 is 22.5 Å². The Labute approximate surface area is 136 Å². The van der Waals surface area contributed by atoms with Gasteiger partial charge in [0.2, 0.25) is 10.0 Å². The highest BCUT2D eigenvalue weighted by Gasteiger charge is 2.35. The maximum atomic E-state index is 12.7. The Hall–Kier alpha value is -1.45. The summed E-state index contributed by atoms with van der Waals surface area (Å²) in [6.07, 6.45) is 0. The molecule has 23 heavy (non-hydrogen) atoms. The van der Waals surface area contributed by atoms with E-state index in [-0.39, 0.29) is 16.9 Å². The summed E-state index contributed by atoms with van der Waals surface area (Å²) >= 11 is 0. The number of ether oxygens (including phenoxy) is 1. The van der Waals surface area contributed by atoms with Gasteiger partial charge in [-0.15, -0.1) is 0 Å². The van der Waals surface area contributed by atoms with Crippen molar-refractivity contribution >= 4 is 16.0 Å². The number of rotatable bonds is 5. The Morgan fingerprint density at radius 2 is 1.91 bits per heavy atom. The van der Waals surface area contributed by atoms with Gasteiger partial charge in [-0.2, -0.15) is 4.31 Å². The van der Waals surface area contributed by atoms with Gasteiger partial charge >= 0.3 is 5.97 Å². The number of piperazine rings is 1. The average molecular weight is 345 g/mol. The molecular formula is C14H23N3O5S. The van der Waals surface area contributed by atoms with E-state index >= 15 is 0 Å². The molecule has 1 atom stereocenters. The molecule has 1 fully saturated rings. The molecule has 9 heteroatoms. The lowest BCUT2D eigenvalue weighted by atomic mass is 10.2. The molecule has 8 nitrogen and oxygen atoms in total. The number of esters is 1. The summed E-state index contributed by atoms with van der Waals surface area (Å²) < 4.78 is 36.8. The van der Waals surface area contributed by atoms with Crippen LogP contribution in [0.5, 0.6) is 0 Å². The lowest BCUT2D eigenvalue weighted by Crippen LogP contribution is -2.53. The summed E-state index contributed by atoms with van der Waals surface area (Å²) in [5.74, 6) is 0.0133. The first-order chi connectivity index (χ1) is 10.8. The van der Waals surface area contributed by atoms with Crippen LogP contribution in [0.4, 0.5) is 0 Å². The van der Waals surface area contributed by atoms with E-state index in [2.05, 4.69) is 5.16 Å². The average Bonchev–Trinajstić information content (AvgIpc) is 2.86. The van der Waals surface area contributed by atoms with E-state index in [0.29, 0.717) is 44.2 Å². The van der Waals surface area contributed by atoms with Crippen LogP contribution in [0, 0.1) is 13.8 Å². The van der Waals surface area contributed by atoms with E-state index in [1.54, 1.807) is 27.7 Å². The van der Waals surface area contributed by atoms with Crippen molar-refractivity contribution in [3.05, 3.63) is 11.5 Å². The van der Waals surface area contributed by atoms with Crippen molar-refractivity contribution in [2.45, 2.75) is 38.6 Å². The molecule has 2 rings (SSSR count). The summed E-state index contributed by atoms with van der Waals surface area (Å²) in [6.45, 7) is 8.66. The SMILES string of the molecule is CCOC(=O)[C@H](C)N1CCN(S(=O)(=O)c2c(C)noc2C)CC1. The van der Waals surface area contributed by atoms with Gasteiger partial charge in [-0.05, 0) is 27.7 Å². The normalized spacial score (nSPS) is 18.8. The van der Waals surface area contributed by atoms with Crippen molar-refractivity contribution in [1.82, 2.24) is 14.4 Å². The maximum Gasteiger partial charge on any atom is 0.323 e. The molecule has 0 spiro atoms. The molecule has 2 heterocycles. The number of carbonyl (C=O) groups excluding carboxylic acids is 1. The standard InChI is InChI=1S/C14H23N3O5S/c1-5-21-14(18)11(3)16-6-8-17(9-7-16)23(19,20)13-10(2)15-22-12(13)4/h11H,5-9H2,1-4H3/t11-/m0/s1. The molecule has 0 saturated carbocycles. The summed E-state index contributed by atoms with van der Waals surface area (Å²) in [5, 5.41) is 3.71. The summed E-state index contributed by atoms with van der Waals surface area (Å²) in [4.78, 5) is 13.9. The van der Waals surface area contributed by atoms with E-state index in [9.17, 15) is 13.2 Å². The Balaban J connectivity index is 2.06. The lowest BCUT2D eigenvalue weighted by molar-refractivity contribution is -0.149. The lowest BCUT2D eigenvalue weighted by Gasteiger charge is -2.36. The molecule has 1 aromatic rings. The highest BCUT2D eigenvalue weighted by Crippen LogP contribution is 2.24. The highest BCUT2D eigenvalue weighted by molar-refractivity contribution is 7.89. The first kappa shape index (κ1) is 17.9. The number of aryl methyl sites for hydroxylation is 2. The molecular weight excluding hydrogens is 322 g/mol. The van der Waals surface area contributed by atoms with Crippen LogP contribution in [-0.2, 0) is 19.6 Å². The third-order valence-electron chi connectivity index (χ3n) is 4.01. The number of nitrogens with zero attached hydrogens (tertiary/aromatic N) is 3. The second-order valence-electron chi connectivity index (χ2n) is 5.52. The maximum absolute atomic E-state index is 12.7. The minimum absolute atomic E-state index is 0.143. The van der Waals surface area contributed by atoms with Crippen LogP contribution in [0.25, 0.3) is 0 Å². The van der Waals surface area contributed by atoms with Crippen LogP contribution in [0.1, 0.15) is 25.3 Å². The van der Waals surface area contributed by atoms with Crippen molar-refractivity contribution in [3.8, 4) is 0 Å². The van der Waals surface area contributed by atoms with Gasteiger partial charge in [-0.1, -0.05) is 5.16 Å². The van der Waals surface area contributed by atoms with E-state index in [4.69, 9.17) is 9.26 Å². The van der Waals surface area contributed by atoms with Gasteiger partial charge in [0.25, 0.3) is 0 Å². The molecule has 0 unspecified atom stereocenters. The molecule has 1 aliphatic heterocycles. The van der Waals surface area contributed by atoms with Gasteiger partial charge in [-0.3, -0.25) is 9.69 Å². The molecule has 0 radical (unpaired) electrons. The monoisotopic (exact) mass is 345 g/mol. The fraction of sp³-hybridized carbons (Fsp3) is 0.714. The molecule has 1 saturated heterocycles. The van der Waals surface area contributed by atoms with Gasteiger partial charge < -0.3 is 9.26 Å². The van der Waals surface area contributed by atoms with E-state index < -0.39 is 10.0 Å². The minimum Gasteiger partial charge on any atom is -0.465 e. The molecule has 0 amide bonds. The number of carbonyl (C=O) groups is 1. The number of aromatic nitrogens is 1. The molecule has 1 aliphatic rings. The Morgan fingerprint density at radius 1 is 1.30 bits per heavy atom. The predicted octanol–water partition coefficient (Wildman–Crippen LogP) is 0.549. The third kappa shape index (κ3) is 3.56. The first-order valence-corrected chi connectivity index (χ1v) is 9.06. The number of sulfonamides is 1. The van der Waals surface area contributed by atoms with Gasteiger partial charge in [0, 0.05) is 26.2 Å². The minimum atomic E-state index is -3.63. The van der Waals surface area contributed by atoms with Crippen LogP contribution >= 0.6 is 0 Å². The van der Waals surface area contributed by atoms with Crippen LogP contribution in [0.15, 0.2) is 9.42 Å². The summed E-state index contributed by atoms with van der Waals surface area (Å²) in [5.41, 5.74) is 0.366. The van der Waals surface area contributed by atoms with E-state index in [1.807, 2.05) is 4.90 Å². The third-order valence-corrected chi connectivity index (χ3v) is 6.16. The Bertz CT molecular complexity index is 642. The van der Waals surface area contributed by atoms with Crippen LogP contribution in [0.3, 0.4) is 0 Å². The zero-order valence-electron chi connectivity index (χ0n) is 13.9. The zero-order chi connectivity index (χ0) is 17.2. The van der Waals surface area contributed by atoms with Crippen molar-refractivity contribution in [2.75, 3.05) is 32.8 Å². The van der Waals surface area contributed by atoms with Gasteiger partial charge in [-0.25, -0.2) is 8.42 Å². The van der Waals surface area contributed by atoms with Crippen LogP contribution in [-0.4, -0.2) is 67.6 Å². The molecule has 130 valence electrons. The molecule has 0 aliphatic carbocycles. The highest BCUT2D eigenvalue weighted by atomic mass is 32.2. The topological polar surface area (TPSA) is 93.0 Å². The Kier molecular flexibility index (Phi) is 5.43. The van der Waals surface area contributed by atoms with E-state index in [1.165, 1.54) is 4.31 Å². The molecule has 0 N–H and O–H groups in total. The zero-order valence-corrected chi connectivity index (χ0v) is 14.7. The number of hydrogen-bond acceptors (Lipinski definition) is 7. The largest absolute Gasteiger partial charge is 0.465 e. The van der Waals surface area contributed by atoms with Gasteiger partial charge in [0.1, 0.15) is 16.6 Å². The van der Waals surface area contributed by atoms with Crippen LogP contribution < -0.4 is 0 Å². The molecule has 1 aromatic heterocycles. The smallest absolute Gasteiger partial charge is 0.323 e.